The molecule has 3 aromatic carbocycles. The van der Waals surface area contributed by atoms with Gasteiger partial charge in [0, 0.05) is 15.6 Å². The average molecular weight is 564 g/mol. The highest BCUT2D eigenvalue weighted by Gasteiger charge is 2.24. The van der Waals surface area contributed by atoms with Crippen molar-refractivity contribution < 1.29 is 19.0 Å². The van der Waals surface area contributed by atoms with E-state index in [2.05, 4.69) is 10.3 Å². The maximum atomic E-state index is 12.5. The summed E-state index contributed by atoms with van der Waals surface area (Å²) in [6, 6.07) is 15.9. The molecule has 1 N–H and O–H groups in total. The Balaban J connectivity index is 1.50. The molecule has 1 heterocycles. The molecule has 6 nitrogen and oxygen atoms in total. The molecule has 0 aliphatic carbocycles. The lowest BCUT2D eigenvalue weighted by atomic mass is 10.1. The number of thioether (sulfide) groups is 1. The molecular formula is C26H21Cl3N2O4S. The van der Waals surface area contributed by atoms with E-state index in [1.165, 1.54) is 18.9 Å². The Morgan fingerprint density at radius 2 is 1.78 bits per heavy atom. The van der Waals surface area contributed by atoms with E-state index >= 15 is 0 Å². The van der Waals surface area contributed by atoms with Crippen molar-refractivity contribution in [3.63, 3.8) is 0 Å². The van der Waals surface area contributed by atoms with Crippen LogP contribution in [-0.2, 0) is 11.4 Å². The normalized spacial score (nSPS) is 15.3. The molecule has 0 unspecified atom stereocenters. The van der Waals surface area contributed by atoms with E-state index in [1.807, 2.05) is 31.2 Å². The summed E-state index contributed by atoms with van der Waals surface area (Å²) < 4.78 is 16.8. The van der Waals surface area contributed by atoms with Gasteiger partial charge in [0.15, 0.2) is 16.7 Å². The largest absolute Gasteiger partial charge is 0.494 e. The van der Waals surface area contributed by atoms with Crippen LogP contribution in [0, 0.1) is 0 Å². The first kappa shape index (κ1) is 26.2. The molecule has 0 aromatic heterocycles. The van der Waals surface area contributed by atoms with Crippen molar-refractivity contribution in [2.75, 3.05) is 13.7 Å². The SMILES string of the molecule is CCOc1ccc(N=C2NC(=O)/C(=C\c3cc(Cl)c(OCc4ccc(Cl)cc4Cl)c(OC)c3)S2)cc1. The monoisotopic (exact) mass is 562 g/mol. The first-order valence-corrected chi connectivity index (χ1v) is 12.8. The van der Waals surface area contributed by atoms with Gasteiger partial charge >= 0.3 is 0 Å². The van der Waals surface area contributed by atoms with Crippen molar-refractivity contribution in [3.8, 4) is 17.2 Å². The number of methoxy groups -OCH3 is 1. The standard InChI is InChI=1S/C26H21Cl3N2O4S/c1-3-34-19-8-6-18(7-9-19)30-26-31-25(32)23(36-26)12-15-10-21(29)24(22(11-15)33-2)35-14-16-4-5-17(27)13-20(16)28/h4-13H,3,14H2,1-2H3,(H,30,31,32)/b23-12+. The quantitative estimate of drug-likeness (QED) is 0.287. The maximum absolute atomic E-state index is 12.5. The number of nitrogens with zero attached hydrogens (tertiary/aromatic N) is 1. The van der Waals surface area contributed by atoms with Gasteiger partial charge in [-0.15, -0.1) is 0 Å². The number of rotatable bonds is 8. The smallest absolute Gasteiger partial charge is 0.264 e. The zero-order chi connectivity index (χ0) is 25.7. The summed E-state index contributed by atoms with van der Waals surface area (Å²) in [5.41, 5.74) is 2.13. The van der Waals surface area contributed by atoms with Crippen molar-refractivity contribution in [1.82, 2.24) is 5.32 Å². The Morgan fingerprint density at radius 1 is 1.00 bits per heavy atom. The fourth-order valence-corrected chi connectivity index (χ4v) is 4.86. The Bertz CT molecular complexity index is 1340. The topological polar surface area (TPSA) is 69.2 Å². The van der Waals surface area contributed by atoms with Gasteiger partial charge in [-0.2, -0.15) is 0 Å². The lowest BCUT2D eigenvalue weighted by Gasteiger charge is -2.14. The van der Waals surface area contributed by atoms with Crippen LogP contribution in [0.1, 0.15) is 18.1 Å². The average Bonchev–Trinajstić information content (AvgIpc) is 3.18. The number of hydrogen-bond acceptors (Lipinski definition) is 6. The van der Waals surface area contributed by atoms with Crippen molar-refractivity contribution in [1.29, 1.82) is 0 Å². The van der Waals surface area contributed by atoms with E-state index < -0.39 is 0 Å². The molecule has 1 aliphatic rings. The molecule has 0 atom stereocenters. The molecule has 0 saturated carbocycles. The van der Waals surface area contributed by atoms with E-state index in [4.69, 9.17) is 49.0 Å². The van der Waals surface area contributed by atoms with Crippen LogP contribution in [0.3, 0.4) is 0 Å². The molecule has 10 heteroatoms. The third kappa shape index (κ3) is 6.48. The number of ether oxygens (including phenoxy) is 3. The molecule has 3 aromatic rings. The van der Waals surface area contributed by atoms with E-state index in [0.717, 1.165) is 11.3 Å². The molecule has 1 saturated heterocycles. The second-order valence-corrected chi connectivity index (χ2v) is 9.75. The Morgan fingerprint density at radius 3 is 2.47 bits per heavy atom. The van der Waals surface area contributed by atoms with Gasteiger partial charge in [0.25, 0.3) is 5.91 Å². The summed E-state index contributed by atoms with van der Waals surface area (Å²) in [7, 11) is 1.52. The van der Waals surface area contributed by atoms with Crippen molar-refractivity contribution in [2.45, 2.75) is 13.5 Å². The van der Waals surface area contributed by atoms with Crippen molar-refractivity contribution >= 4 is 69.4 Å². The van der Waals surface area contributed by atoms with Crippen LogP contribution in [-0.4, -0.2) is 24.8 Å². The predicted molar refractivity (Wildman–Crippen MR) is 147 cm³/mol. The zero-order valence-corrected chi connectivity index (χ0v) is 22.4. The Hall–Kier alpha value is -2.84. The highest BCUT2D eigenvalue weighted by atomic mass is 35.5. The van der Waals surface area contributed by atoms with Crippen LogP contribution in [0.4, 0.5) is 5.69 Å². The number of amides is 1. The van der Waals surface area contributed by atoms with Crippen LogP contribution < -0.4 is 19.5 Å². The molecule has 0 radical (unpaired) electrons. The maximum Gasteiger partial charge on any atom is 0.264 e. The van der Waals surface area contributed by atoms with Gasteiger partial charge in [0.1, 0.15) is 12.4 Å². The number of hydrogen-bond donors (Lipinski definition) is 1. The molecule has 1 aliphatic heterocycles. The van der Waals surface area contributed by atoms with E-state index in [0.29, 0.717) is 54.5 Å². The fourth-order valence-electron chi connectivity index (χ4n) is 3.28. The third-order valence-corrected chi connectivity index (χ3v) is 6.74. The van der Waals surface area contributed by atoms with E-state index in [1.54, 1.807) is 36.4 Å². The summed E-state index contributed by atoms with van der Waals surface area (Å²) in [6.45, 7) is 2.69. The number of carbonyl (C=O) groups excluding carboxylic acids is 1. The van der Waals surface area contributed by atoms with Gasteiger partial charge in [0.2, 0.25) is 0 Å². The van der Waals surface area contributed by atoms with Gasteiger partial charge < -0.3 is 19.5 Å². The lowest BCUT2D eigenvalue weighted by Crippen LogP contribution is -2.19. The molecule has 186 valence electrons. The van der Waals surface area contributed by atoms with Crippen LogP contribution in [0.25, 0.3) is 6.08 Å². The summed E-state index contributed by atoms with van der Waals surface area (Å²) in [4.78, 5) is 17.5. The summed E-state index contributed by atoms with van der Waals surface area (Å²) >= 11 is 19.9. The van der Waals surface area contributed by atoms with Gasteiger partial charge in [-0.1, -0.05) is 40.9 Å². The van der Waals surface area contributed by atoms with Gasteiger partial charge in [0.05, 0.1) is 29.3 Å². The number of benzene rings is 3. The first-order chi connectivity index (χ1) is 17.4. The van der Waals surface area contributed by atoms with Crippen molar-refractivity contribution in [3.05, 3.63) is 85.7 Å². The highest BCUT2D eigenvalue weighted by Crippen LogP contribution is 2.39. The van der Waals surface area contributed by atoms with Crippen LogP contribution in [0.15, 0.2) is 64.5 Å². The highest BCUT2D eigenvalue weighted by molar-refractivity contribution is 8.18. The predicted octanol–water partition coefficient (Wildman–Crippen LogP) is 7.52. The number of aliphatic imine (C=N–C) groups is 1. The van der Waals surface area contributed by atoms with E-state index in [9.17, 15) is 4.79 Å². The fraction of sp³-hybridized carbons (Fsp3) is 0.154. The first-order valence-electron chi connectivity index (χ1n) is 10.8. The molecular weight excluding hydrogens is 543 g/mol. The molecule has 0 bridgehead atoms. The lowest BCUT2D eigenvalue weighted by molar-refractivity contribution is -0.115. The minimum atomic E-state index is -0.252. The Labute approximate surface area is 228 Å². The minimum absolute atomic E-state index is 0.177. The molecule has 1 amide bonds. The minimum Gasteiger partial charge on any atom is -0.494 e. The van der Waals surface area contributed by atoms with Crippen LogP contribution >= 0.6 is 46.6 Å². The molecule has 1 fully saturated rings. The van der Waals surface area contributed by atoms with Crippen LogP contribution in [0.5, 0.6) is 17.2 Å². The molecule has 4 rings (SSSR count). The van der Waals surface area contributed by atoms with Crippen molar-refractivity contribution in [2.24, 2.45) is 4.99 Å². The summed E-state index contributed by atoms with van der Waals surface area (Å²) in [5.74, 6) is 1.30. The van der Waals surface area contributed by atoms with Gasteiger partial charge in [-0.25, -0.2) is 4.99 Å². The third-order valence-electron chi connectivity index (χ3n) is 4.97. The van der Waals surface area contributed by atoms with Gasteiger partial charge in [-0.3, -0.25) is 4.79 Å². The summed E-state index contributed by atoms with van der Waals surface area (Å²) in [6.07, 6.45) is 1.72. The van der Waals surface area contributed by atoms with Crippen LogP contribution in [0.2, 0.25) is 15.1 Å². The molecule has 36 heavy (non-hydrogen) atoms. The number of carbonyl (C=O) groups is 1. The molecule has 0 spiro atoms. The summed E-state index contributed by atoms with van der Waals surface area (Å²) in [5, 5.41) is 4.62. The van der Waals surface area contributed by atoms with E-state index in [-0.39, 0.29) is 12.5 Å². The number of halogens is 3. The Kier molecular flexibility index (Phi) is 8.69. The second-order valence-electron chi connectivity index (χ2n) is 7.47. The zero-order valence-electron chi connectivity index (χ0n) is 19.3. The van der Waals surface area contributed by atoms with Gasteiger partial charge in [-0.05, 0) is 78.9 Å². The second kappa shape index (κ2) is 11.9. The number of nitrogens with one attached hydrogen (secondary N) is 1. The number of amidine groups is 1.